The number of amides is 1. The third kappa shape index (κ3) is 2.72. The molecule has 4 heteroatoms. The van der Waals surface area contributed by atoms with Crippen molar-refractivity contribution in [3.8, 4) is 0 Å². The Morgan fingerprint density at radius 1 is 1.56 bits per heavy atom. The number of carbonyl (C=O) groups is 1. The van der Waals surface area contributed by atoms with Crippen LogP contribution >= 0.6 is 11.6 Å². The minimum Gasteiger partial charge on any atom is -0.469 e. The van der Waals surface area contributed by atoms with E-state index in [2.05, 4.69) is 0 Å². The first-order valence-corrected chi connectivity index (χ1v) is 7.24. The number of aryl methyl sites for hydroxylation is 1. The molecule has 2 rings (SSSR count). The number of furan rings is 1. The second-order valence-corrected chi connectivity index (χ2v) is 5.11. The van der Waals surface area contributed by atoms with Gasteiger partial charge >= 0.3 is 0 Å². The summed E-state index contributed by atoms with van der Waals surface area (Å²) in [6.07, 6.45) is 6.67. The zero-order chi connectivity index (χ0) is 13.0. The minimum atomic E-state index is 0.107. The molecule has 1 aliphatic carbocycles. The summed E-state index contributed by atoms with van der Waals surface area (Å²) in [7, 11) is 0. The van der Waals surface area contributed by atoms with Gasteiger partial charge in [0.05, 0.1) is 11.8 Å². The van der Waals surface area contributed by atoms with Crippen molar-refractivity contribution in [2.45, 2.75) is 45.1 Å². The normalized spacial score (nSPS) is 15.4. The van der Waals surface area contributed by atoms with Gasteiger partial charge in [0.15, 0.2) is 0 Å². The summed E-state index contributed by atoms with van der Waals surface area (Å²) in [6.45, 7) is 2.75. The molecule has 1 fully saturated rings. The molecule has 3 nitrogen and oxygen atoms in total. The van der Waals surface area contributed by atoms with E-state index >= 15 is 0 Å². The molecule has 1 amide bonds. The molecule has 1 aromatic heterocycles. The molecule has 1 saturated carbocycles. The van der Waals surface area contributed by atoms with E-state index in [1.54, 1.807) is 12.3 Å². The molecule has 1 aromatic rings. The average Bonchev–Trinajstić information content (AvgIpc) is 2.79. The van der Waals surface area contributed by atoms with Crippen LogP contribution in [0.15, 0.2) is 16.7 Å². The Hall–Kier alpha value is -0.960. The van der Waals surface area contributed by atoms with Crippen LogP contribution in [0.4, 0.5) is 0 Å². The maximum absolute atomic E-state index is 12.5. The first kappa shape index (κ1) is 13.5. The van der Waals surface area contributed by atoms with E-state index in [1.807, 2.05) is 11.8 Å². The lowest BCUT2D eigenvalue weighted by Gasteiger charge is -2.37. The smallest absolute Gasteiger partial charge is 0.257 e. The molecule has 1 aliphatic rings. The van der Waals surface area contributed by atoms with Crippen LogP contribution < -0.4 is 0 Å². The van der Waals surface area contributed by atoms with Gasteiger partial charge in [0, 0.05) is 24.9 Å². The van der Waals surface area contributed by atoms with Gasteiger partial charge < -0.3 is 9.32 Å². The lowest BCUT2D eigenvalue weighted by atomic mass is 9.90. The topological polar surface area (TPSA) is 33.5 Å². The van der Waals surface area contributed by atoms with Crippen LogP contribution in [0.1, 0.15) is 48.7 Å². The number of nitrogens with zero attached hydrogens (tertiary/aromatic N) is 1. The monoisotopic (exact) mass is 269 g/mol. The maximum Gasteiger partial charge on any atom is 0.257 e. The van der Waals surface area contributed by atoms with Crippen molar-refractivity contribution in [2.24, 2.45) is 0 Å². The Morgan fingerprint density at radius 2 is 2.33 bits per heavy atom. The highest BCUT2D eigenvalue weighted by Gasteiger charge is 2.30. The summed E-state index contributed by atoms with van der Waals surface area (Å²) < 4.78 is 5.35. The predicted octanol–water partition coefficient (Wildman–Crippen LogP) is 3.47. The SMILES string of the molecule is CCc1occc1C(=O)N(CCCCl)C1CCC1. The van der Waals surface area contributed by atoms with E-state index in [1.165, 1.54) is 6.42 Å². The molecule has 1 heterocycles. The molecule has 0 N–H and O–H groups in total. The number of halogens is 1. The summed E-state index contributed by atoms with van der Waals surface area (Å²) >= 11 is 5.74. The quantitative estimate of drug-likeness (QED) is 0.741. The Morgan fingerprint density at radius 3 is 2.89 bits per heavy atom. The Kier molecular flexibility index (Phi) is 4.70. The number of rotatable bonds is 6. The lowest BCUT2D eigenvalue weighted by molar-refractivity contribution is 0.0578. The Balaban J connectivity index is 2.11. The third-order valence-electron chi connectivity index (χ3n) is 3.61. The van der Waals surface area contributed by atoms with E-state index in [4.69, 9.17) is 16.0 Å². The molecular formula is C14H20ClNO2. The number of alkyl halides is 1. The molecule has 0 radical (unpaired) electrons. The van der Waals surface area contributed by atoms with Gasteiger partial charge in [-0.15, -0.1) is 11.6 Å². The van der Waals surface area contributed by atoms with Crippen LogP contribution in [0.5, 0.6) is 0 Å². The molecule has 0 atom stereocenters. The molecule has 18 heavy (non-hydrogen) atoms. The maximum atomic E-state index is 12.5. The number of hydrogen-bond donors (Lipinski definition) is 0. The van der Waals surface area contributed by atoms with E-state index in [0.29, 0.717) is 11.9 Å². The molecular weight excluding hydrogens is 250 g/mol. The van der Waals surface area contributed by atoms with Crippen molar-refractivity contribution in [1.82, 2.24) is 4.90 Å². The lowest BCUT2D eigenvalue weighted by Crippen LogP contribution is -2.45. The summed E-state index contributed by atoms with van der Waals surface area (Å²) in [5.74, 6) is 1.49. The third-order valence-corrected chi connectivity index (χ3v) is 3.87. The van der Waals surface area contributed by atoms with Crippen LogP contribution in [0.25, 0.3) is 0 Å². The van der Waals surface area contributed by atoms with Crippen molar-refractivity contribution < 1.29 is 9.21 Å². The van der Waals surface area contributed by atoms with E-state index in [-0.39, 0.29) is 5.91 Å². The Labute approximate surface area is 113 Å². The van der Waals surface area contributed by atoms with Crippen molar-refractivity contribution in [3.05, 3.63) is 23.7 Å². The van der Waals surface area contributed by atoms with Gasteiger partial charge in [-0.25, -0.2) is 0 Å². The molecule has 0 bridgehead atoms. The van der Waals surface area contributed by atoms with Crippen LogP contribution in [-0.2, 0) is 6.42 Å². The molecule has 0 aliphatic heterocycles. The second kappa shape index (κ2) is 6.28. The molecule has 0 unspecified atom stereocenters. The van der Waals surface area contributed by atoms with Gasteiger partial charge in [-0.2, -0.15) is 0 Å². The summed E-state index contributed by atoms with van der Waals surface area (Å²) in [5.41, 5.74) is 0.721. The highest BCUT2D eigenvalue weighted by atomic mass is 35.5. The summed E-state index contributed by atoms with van der Waals surface area (Å²) in [4.78, 5) is 14.5. The minimum absolute atomic E-state index is 0.107. The van der Waals surface area contributed by atoms with E-state index in [9.17, 15) is 4.79 Å². The van der Waals surface area contributed by atoms with Crippen LogP contribution in [0, 0.1) is 0 Å². The largest absolute Gasteiger partial charge is 0.469 e. The summed E-state index contributed by atoms with van der Waals surface area (Å²) in [5, 5.41) is 0. The van der Waals surface area contributed by atoms with Crippen LogP contribution in [-0.4, -0.2) is 29.3 Å². The Bertz CT molecular complexity index is 398. The van der Waals surface area contributed by atoms with Crippen molar-refractivity contribution in [3.63, 3.8) is 0 Å². The highest BCUT2D eigenvalue weighted by Crippen LogP contribution is 2.27. The number of carbonyl (C=O) groups excluding carboxylic acids is 1. The van der Waals surface area contributed by atoms with Gasteiger partial charge in [0.25, 0.3) is 5.91 Å². The van der Waals surface area contributed by atoms with Gasteiger partial charge in [-0.3, -0.25) is 4.79 Å². The molecule has 0 aromatic carbocycles. The first-order chi connectivity index (χ1) is 8.77. The van der Waals surface area contributed by atoms with Crippen molar-refractivity contribution in [1.29, 1.82) is 0 Å². The fourth-order valence-electron chi connectivity index (χ4n) is 2.34. The van der Waals surface area contributed by atoms with Crippen molar-refractivity contribution >= 4 is 17.5 Å². The zero-order valence-corrected chi connectivity index (χ0v) is 11.6. The van der Waals surface area contributed by atoms with E-state index in [0.717, 1.165) is 43.6 Å². The van der Waals surface area contributed by atoms with Gasteiger partial charge in [-0.1, -0.05) is 6.92 Å². The van der Waals surface area contributed by atoms with Gasteiger partial charge in [-0.05, 0) is 31.7 Å². The van der Waals surface area contributed by atoms with Crippen LogP contribution in [0.2, 0.25) is 0 Å². The van der Waals surface area contributed by atoms with E-state index < -0.39 is 0 Å². The molecule has 0 saturated heterocycles. The zero-order valence-electron chi connectivity index (χ0n) is 10.8. The molecule has 100 valence electrons. The first-order valence-electron chi connectivity index (χ1n) is 6.71. The average molecular weight is 270 g/mol. The van der Waals surface area contributed by atoms with Gasteiger partial charge in [0.2, 0.25) is 0 Å². The molecule has 0 spiro atoms. The fraction of sp³-hybridized carbons (Fsp3) is 0.643. The standard InChI is InChI=1S/C14H20ClNO2/c1-2-13-12(7-10-18-13)14(17)16(9-4-8-15)11-5-3-6-11/h7,10-11H,2-6,8-9H2,1H3. The fourth-order valence-corrected chi connectivity index (χ4v) is 2.46. The number of hydrogen-bond acceptors (Lipinski definition) is 2. The predicted molar refractivity (Wildman–Crippen MR) is 72.1 cm³/mol. The van der Waals surface area contributed by atoms with Crippen molar-refractivity contribution in [2.75, 3.05) is 12.4 Å². The van der Waals surface area contributed by atoms with Crippen LogP contribution in [0.3, 0.4) is 0 Å². The van der Waals surface area contributed by atoms with Gasteiger partial charge in [0.1, 0.15) is 5.76 Å². The highest BCUT2D eigenvalue weighted by molar-refractivity contribution is 6.17. The second-order valence-electron chi connectivity index (χ2n) is 4.74. The summed E-state index contributed by atoms with van der Waals surface area (Å²) in [6, 6.07) is 2.19.